The maximum Gasteiger partial charge on any atom is 0.155 e. The van der Waals surface area contributed by atoms with Gasteiger partial charge in [0.25, 0.3) is 0 Å². The predicted octanol–water partition coefficient (Wildman–Crippen LogP) is 4.59. The number of aliphatic hydroxyl groups is 1. The SMILES string of the molecule is C[C@]12CCC(=O)C=C1[C@@](O)(c1ccccc1)C[C@@H]1[C@@H]2CC[C@]2(C)C(=O)CC[C@@H]12. The second kappa shape index (κ2) is 5.89. The van der Waals surface area contributed by atoms with Crippen LogP contribution in [0.1, 0.15) is 64.4 Å². The minimum atomic E-state index is -1.11. The van der Waals surface area contributed by atoms with E-state index < -0.39 is 5.60 Å². The van der Waals surface area contributed by atoms with Crippen molar-refractivity contribution in [2.75, 3.05) is 0 Å². The fourth-order valence-corrected chi connectivity index (χ4v) is 7.47. The van der Waals surface area contributed by atoms with Crippen LogP contribution in [0.5, 0.6) is 0 Å². The van der Waals surface area contributed by atoms with Gasteiger partial charge in [0.2, 0.25) is 0 Å². The largest absolute Gasteiger partial charge is 0.381 e. The maximum absolute atomic E-state index is 12.7. The molecule has 1 aromatic carbocycles. The molecular formula is C25H30O3. The minimum Gasteiger partial charge on any atom is -0.381 e. The number of Topliss-reactive ketones (excluding diaryl/α,β-unsaturated/α-hetero) is 1. The zero-order valence-corrected chi connectivity index (χ0v) is 16.9. The van der Waals surface area contributed by atoms with Gasteiger partial charge in [-0.1, -0.05) is 44.2 Å². The van der Waals surface area contributed by atoms with Crippen LogP contribution in [0.3, 0.4) is 0 Å². The molecular weight excluding hydrogens is 348 g/mol. The summed E-state index contributed by atoms with van der Waals surface area (Å²) in [5, 5.41) is 12.1. The van der Waals surface area contributed by atoms with Gasteiger partial charge in [-0.3, -0.25) is 9.59 Å². The molecule has 0 amide bonds. The lowest BCUT2D eigenvalue weighted by Crippen LogP contribution is -2.57. The Balaban J connectivity index is 1.67. The van der Waals surface area contributed by atoms with Gasteiger partial charge in [-0.2, -0.15) is 0 Å². The van der Waals surface area contributed by atoms with E-state index >= 15 is 0 Å². The summed E-state index contributed by atoms with van der Waals surface area (Å²) in [6.07, 6.45) is 7.39. The molecule has 3 heteroatoms. The molecule has 28 heavy (non-hydrogen) atoms. The van der Waals surface area contributed by atoms with Crippen LogP contribution >= 0.6 is 0 Å². The van der Waals surface area contributed by atoms with Crippen molar-refractivity contribution in [2.24, 2.45) is 28.6 Å². The van der Waals surface area contributed by atoms with Crippen molar-refractivity contribution in [1.29, 1.82) is 0 Å². The molecule has 3 fully saturated rings. The topological polar surface area (TPSA) is 54.4 Å². The predicted molar refractivity (Wildman–Crippen MR) is 107 cm³/mol. The molecule has 0 aromatic heterocycles. The Morgan fingerprint density at radius 3 is 2.39 bits per heavy atom. The molecule has 1 N–H and O–H groups in total. The van der Waals surface area contributed by atoms with Gasteiger partial charge in [-0.05, 0) is 72.5 Å². The molecule has 0 aliphatic heterocycles. The van der Waals surface area contributed by atoms with Gasteiger partial charge >= 0.3 is 0 Å². The molecule has 3 nitrogen and oxygen atoms in total. The minimum absolute atomic E-state index is 0.136. The van der Waals surface area contributed by atoms with Crippen LogP contribution in [-0.4, -0.2) is 16.7 Å². The first-order chi connectivity index (χ1) is 13.3. The molecule has 5 rings (SSSR count). The molecule has 3 saturated carbocycles. The third kappa shape index (κ3) is 2.26. The van der Waals surface area contributed by atoms with Crippen LogP contribution in [0, 0.1) is 28.6 Å². The number of hydrogen-bond acceptors (Lipinski definition) is 3. The summed E-state index contributed by atoms with van der Waals surface area (Å²) in [6.45, 7) is 4.44. The first-order valence-corrected chi connectivity index (χ1v) is 10.9. The number of benzene rings is 1. The highest BCUT2D eigenvalue weighted by molar-refractivity contribution is 5.92. The van der Waals surface area contributed by atoms with Gasteiger partial charge in [0.05, 0.1) is 0 Å². The Bertz CT molecular complexity index is 871. The fourth-order valence-electron chi connectivity index (χ4n) is 7.47. The third-order valence-corrected chi connectivity index (χ3v) is 9.00. The number of carbonyl (C=O) groups excluding carboxylic acids is 2. The van der Waals surface area contributed by atoms with Crippen molar-refractivity contribution in [1.82, 2.24) is 0 Å². The summed E-state index contributed by atoms with van der Waals surface area (Å²) in [4.78, 5) is 25.1. The van der Waals surface area contributed by atoms with Crippen LogP contribution in [-0.2, 0) is 15.2 Å². The zero-order chi connectivity index (χ0) is 19.7. The van der Waals surface area contributed by atoms with E-state index in [0.29, 0.717) is 42.8 Å². The van der Waals surface area contributed by atoms with Crippen molar-refractivity contribution < 1.29 is 14.7 Å². The lowest BCUT2D eigenvalue weighted by atomic mass is 9.44. The van der Waals surface area contributed by atoms with E-state index in [9.17, 15) is 14.7 Å². The molecule has 0 spiro atoms. The number of fused-ring (bicyclic) bond motifs is 5. The second-order valence-corrected chi connectivity index (χ2v) is 10.2. The summed E-state index contributed by atoms with van der Waals surface area (Å²) in [6, 6.07) is 9.87. The average molecular weight is 379 g/mol. The van der Waals surface area contributed by atoms with E-state index in [1.54, 1.807) is 6.08 Å². The first-order valence-electron chi connectivity index (χ1n) is 10.9. The summed E-state index contributed by atoms with van der Waals surface area (Å²) in [5.41, 5.74) is 0.306. The lowest BCUT2D eigenvalue weighted by molar-refractivity contribution is -0.140. The molecule has 0 radical (unpaired) electrons. The summed E-state index contributed by atoms with van der Waals surface area (Å²) < 4.78 is 0. The van der Waals surface area contributed by atoms with Crippen LogP contribution in [0.2, 0.25) is 0 Å². The van der Waals surface area contributed by atoms with Crippen LogP contribution in [0.4, 0.5) is 0 Å². The molecule has 4 aliphatic rings. The Labute approximate surface area is 167 Å². The molecule has 1 aromatic rings. The van der Waals surface area contributed by atoms with E-state index in [-0.39, 0.29) is 16.6 Å². The fraction of sp³-hybridized carbons (Fsp3) is 0.600. The van der Waals surface area contributed by atoms with E-state index in [1.165, 1.54) is 0 Å². The first kappa shape index (κ1) is 18.3. The molecule has 4 aliphatic carbocycles. The molecule has 0 bridgehead atoms. The van der Waals surface area contributed by atoms with Gasteiger partial charge in [0.15, 0.2) is 5.78 Å². The lowest BCUT2D eigenvalue weighted by Gasteiger charge is -2.61. The quantitative estimate of drug-likeness (QED) is 0.778. The van der Waals surface area contributed by atoms with E-state index in [1.807, 2.05) is 30.3 Å². The van der Waals surface area contributed by atoms with E-state index in [0.717, 1.165) is 36.8 Å². The van der Waals surface area contributed by atoms with Crippen LogP contribution in [0.15, 0.2) is 42.0 Å². The van der Waals surface area contributed by atoms with E-state index in [2.05, 4.69) is 13.8 Å². The monoisotopic (exact) mass is 378 g/mol. The number of ketones is 2. The van der Waals surface area contributed by atoms with Crippen molar-refractivity contribution in [3.8, 4) is 0 Å². The molecule has 0 heterocycles. The highest BCUT2D eigenvalue weighted by Crippen LogP contribution is 2.67. The van der Waals surface area contributed by atoms with Crippen LogP contribution in [0.25, 0.3) is 0 Å². The molecule has 0 saturated heterocycles. The summed E-state index contributed by atoms with van der Waals surface area (Å²) in [5.74, 6) is 1.68. The highest BCUT2D eigenvalue weighted by Gasteiger charge is 2.63. The van der Waals surface area contributed by atoms with Gasteiger partial charge in [0, 0.05) is 18.3 Å². The Morgan fingerprint density at radius 1 is 0.929 bits per heavy atom. The molecule has 148 valence electrons. The average Bonchev–Trinajstić information content (AvgIpc) is 2.99. The number of rotatable bonds is 1. The summed E-state index contributed by atoms with van der Waals surface area (Å²) >= 11 is 0. The van der Waals surface area contributed by atoms with Gasteiger partial charge in [-0.15, -0.1) is 0 Å². The number of hydrogen-bond donors (Lipinski definition) is 1. The molecule has 0 unspecified atom stereocenters. The maximum atomic E-state index is 12.7. The zero-order valence-electron chi connectivity index (χ0n) is 16.9. The van der Waals surface area contributed by atoms with Crippen molar-refractivity contribution in [3.05, 3.63) is 47.5 Å². The standard InChI is InChI=1S/C25H30O3/c1-23-12-10-17(26)14-21(23)25(28,16-6-4-3-5-7-16)15-18-19-8-9-22(27)24(19,2)13-11-20(18)23/h3-7,14,18-20,28H,8-13,15H2,1-2H3/t18-,19-,20-,23+,24-,25-/m0/s1. The van der Waals surface area contributed by atoms with Gasteiger partial charge in [0.1, 0.15) is 11.4 Å². The second-order valence-electron chi connectivity index (χ2n) is 10.2. The van der Waals surface area contributed by atoms with Crippen molar-refractivity contribution in [2.45, 2.75) is 64.4 Å². The molecule has 6 atom stereocenters. The van der Waals surface area contributed by atoms with Gasteiger partial charge in [-0.25, -0.2) is 0 Å². The van der Waals surface area contributed by atoms with Crippen molar-refractivity contribution >= 4 is 11.6 Å². The Hall–Kier alpha value is -1.74. The number of carbonyl (C=O) groups is 2. The smallest absolute Gasteiger partial charge is 0.155 e. The highest BCUT2D eigenvalue weighted by atomic mass is 16.3. The normalized spacial score (nSPS) is 45.1. The van der Waals surface area contributed by atoms with Gasteiger partial charge < -0.3 is 5.11 Å². The van der Waals surface area contributed by atoms with E-state index in [4.69, 9.17) is 0 Å². The Kier molecular flexibility index (Phi) is 3.85. The van der Waals surface area contributed by atoms with Crippen molar-refractivity contribution in [3.63, 3.8) is 0 Å². The van der Waals surface area contributed by atoms with Crippen LogP contribution < -0.4 is 0 Å². The third-order valence-electron chi connectivity index (χ3n) is 9.00. The summed E-state index contributed by atoms with van der Waals surface area (Å²) in [7, 11) is 0. The Morgan fingerprint density at radius 2 is 1.64 bits per heavy atom.